The van der Waals surface area contributed by atoms with Gasteiger partial charge >= 0.3 is 12.1 Å². The highest BCUT2D eigenvalue weighted by atomic mass is 19.4. The second-order valence-electron chi connectivity index (χ2n) is 7.07. The van der Waals surface area contributed by atoms with Crippen molar-refractivity contribution in [2.24, 2.45) is 0 Å². The van der Waals surface area contributed by atoms with Gasteiger partial charge in [-0.05, 0) is 48.9 Å². The van der Waals surface area contributed by atoms with Gasteiger partial charge in [-0.1, -0.05) is 12.1 Å². The van der Waals surface area contributed by atoms with Crippen LogP contribution in [0.3, 0.4) is 0 Å². The van der Waals surface area contributed by atoms with Crippen molar-refractivity contribution in [3.63, 3.8) is 0 Å². The summed E-state index contributed by atoms with van der Waals surface area (Å²) >= 11 is 0. The molecule has 1 saturated heterocycles. The van der Waals surface area contributed by atoms with Crippen molar-refractivity contribution in [3.05, 3.63) is 65.0 Å². The molecule has 8 heteroatoms. The Balaban J connectivity index is 1.45. The molecule has 1 atom stereocenters. The van der Waals surface area contributed by atoms with Gasteiger partial charge in [-0.3, -0.25) is 4.90 Å². The SMILES string of the molecule is O=C(O)c1ccc(CN2CC[C@H](c3nc4ccc(C(F)(F)F)cc4[nH]3)C2)cc1. The topological polar surface area (TPSA) is 69.2 Å². The number of fused-ring (bicyclic) bond motifs is 1. The van der Waals surface area contributed by atoms with Gasteiger partial charge in [0.1, 0.15) is 5.82 Å². The van der Waals surface area contributed by atoms with Crippen molar-refractivity contribution in [1.82, 2.24) is 14.9 Å². The fourth-order valence-corrected chi connectivity index (χ4v) is 3.61. The van der Waals surface area contributed by atoms with Gasteiger partial charge in [-0.25, -0.2) is 9.78 Å². The van der Waals surface area contributed by atoms with Crippen LogP contribution in [0.25, 0.3) is 11.0 Å². The van der Waals surface area contributed by atoms with E-state index in [2.05, 4.69) is 14.9 Å². The average Bonchev–Trinajstić information content (AvgIpc) is 3.27. The third kappa shape index (κ3) is 3.73. The quantitative estimate of drug-likeness (QED) is 0.699. The number of halogens is 3. The van der Waals surface area contributed by atoms with E-state index in [0.29, 0.717) is 23.4 Å². The predicted octanol–water partition coefficient (Wildman–Crippen LogP) is 4.27. The summed E-state index contributed by atoms with van der Waals surface area (Å²) < 4.78 is 38.6. The van der Waals surface area contributed by atoms with Crippen LogP contribution in [0, 0.1) is 0 Å². The van der Waals surface area contributed by atoms with Crippen LogP contribution in [0.1, 0.15) is 39.6 Å². The van der Waals surface area contributed by atoms with E-state index in [-0.39, 0.29) is 11.5 Å². The molecule has 1 aliphatic rings. The summed E-state index contributed by atoms with van der Waals surface area (Å²) in [6, 6.07) is 10.3. The van der Waals surface area contributed by atoms with Crippen molar-refractivity contribution < 1.29 is 23.1 Å². The van der Waals surface area contributed by atoms with E-state index < -0.39 is 17.7 Å². The molecule has 0 saturated carbocycles. The molecular weight excluding hydrogens is 371 g/mol. The normalized spacial score (nSPS) is 18.0. The van der Waals surface area contributed by atoms with E-state index in [0.717, 1.165) is 37.2 Å². The first-order chi connectivity index (χ1) is 13.3. The van der Waals surface area contributed by atoms with E-state index in [1.807, 2.05) is 0 Å². The zero-order valence-electron chi connectivity index (χ0n) is 14.8. The molecule has 2 N–H and O–H groups in total. The smallest absolute Gasteiger partial charge is 0.416 e. The molecule has 1 aliphatic heterocycles. The van der Waals surface area contributed by atoms with Crippen molar-refractivity contribution >= 4 is 17.0 Å². The lowest BCUT2D eigenvalue weighted by Crippen LogP contribution is -2.20. The van der Waals surface area contributed by atoms with Crippen LogP contribution in [-0.4, -0.2) is 39.0 Å². The van der Waals surface area contributed by atoms with Gasteiger partial charge in [0.2, 0.25) is 0 Å². The Labute approximate surface area is 158 Å². The number of hydrogen-bond donors (Lipinski definition) is 2. The summed E-state index contributed by atoms with van der Waals surface area (Å²) in [5.41, 5.74) is 1.51. The number of imidazole rings is 1. The van der Waals surface area contributed by atoms with E-state index in [9.17, 15) is 18.0 Å². The number of alkyl halides is 3. The molecule has 146 valence electrons. The second-order valence-corrected chi connectivity index (χ2v) is 7.07. The first-order valence-electron chi connectivity index (χ1n) is 8.91. The summed E-state index contributed by atoms with van der Waals surface area (Å²) in [4.78, 5) is 20.7. The minimum Gasteiger partial charge on any atom is -0.478 e. The minimum absolute atomic E-state index is 0.125. The number of hydrogen-bond acceptors (Lipinski definition) is 3. The summed E-state index contributed by atoms with van der Waals surface area (Å²) in [5.74, 6) is -0.121. The Morgan fingerprint density at radius 2 is 1.96 bits per heavy atom. The predicted molar refractivity (Wildman–Crippen MR) is 97.1 cm³/mol. The number of rotatable bonds is 4. The highest BCUT2D eigenvalue weighted by Gasteiger charge is 2.31. The van der Waals surface area contributed by atoms with Gasteiger partial charge in [0.05, 0.1) is 22.2 Å². The average molecular weight is 389 g/mol. The zero-order valence-corrected chi connectivity index (χ0v) is 14.8. The van der Waals surface area contributed by atoms with Gasteiger partial charge in [0.25, 0.3) is 0 Å². The maximum Gasteiger partial charge on any atom is 0.416 e. The fraction of sp³-hybridized carbons (Fsp3) is 0.300. The second kappa shape index (κ2) is 6.94. The van der Waals surface area contributed by atoms with Crippen molar-refractivity contribution in [1.29, 1.82) is 0 Å². The number of benzene rings is 2. The van der Waals surface area contributed by atoms with Crippen LogP contribution >= 0.6 is 0 Å². The number of likely N-dealkylation sites (tertiary alicyclic amines) is 1. The van der Waals surface area contributed by atoms with Crippen LogP contribution in [0.2, 0.25) is 0 Å². The van der Waals surface area contributed by atoms with Gasteiger partial charge < -0.3 is 10.1 Å². The summed E-state index contributed by atoms with van der Waals surface area (Å²) in [6.07, 6.45) is -3.51. The monoisotopic (exact) mass is 389 g/mol. The minimum atomic E-state index is -4.38. The Hall–Kier alpha value is -2.87. The lowest BCUT2D eigenvalue weighted by molar-refractivity contribution is -0.137. The molecular formula is C20H18F3N3O2. The molecule has 1 aromatic heterocycles. The van der Waals surface area contributed by atoms with Crippen LogP contribution in [-0.2, 0) is 12.7 Å². The van der Waals surface area contributed by atoms with Crippen LogP contribution in [0.4, 0.5) is 13.2 Å². The number of nitrogens with one attached hydrogen (secondary N) is 1. The van der Waals surface area contributed by atoms with Crippen LogP contribution < -0.4 is 0 Å². The standard InChI is InChI=1S/C20H18F3N3O2/c21-20(22,23)15-5-6-16-17(9-15)25-18(24-16)14-7-8-26(11-14)10-12-1-3-13(4-2-12)19(27)28/h1-6,9,14H,7-8,10-11H2,(H,24,25)(H,27,28)/t14-/m0/s1. The molecule has 0 aliphatic carbocycles. The molecule has 0 amide bonds. The number of carboxylic acid groups (broad SMARTS) is 1. The maximum absolute atomic E-state index is 12.9. The molecule has 0 radical (unpaired) electrons. The number of H-pyrrole nitrogens is 1. The van der Waals surface area contributed by atoms with Gasteiger partial charge in [0.15, 0.2) is 0 Å². The summed E-state index contributed by atoms with van der Waals surface area (Å²) in [7, 11) is 0. The number of aromatic carboxylic acids is 1. The third-order valence-electron chi connectivity index (χ3n) is 5.09. The molecule has 0 bridgehead atoms. The lowest BCUT2D eigenvalue weighted by Gasteiger charge is -2.15. The molecule has 0 spiro atoms. The van der Waals surface area contributed by atoms with Gasteiger partial charge in [0, 0.05) is 19.0 Å². The van der Waals surface area contributed by atoms with Gasteiger partial charge in [-0.15, -0.1) is 0 Å². The highest BCUT2D eigenvalue weighted by molar-refractivity contribution is 5.87. The molecule has 5 nitrogen and oxygen atoms in total. The number of aromatic nitrogens is 2. The Morgan fingerprint density at radius 3 is 2.64 bits per heavy atom. The largest absolute Gasteiger partial charge is 0.478 e. The molecule has 28 heavy (non-hydrogen) atoms. The first kappa shape index (κ1) is 18.5. The molecule has 4 rings (SSSR count). The molecule has 1 fully saturated rings. The van der Waals surface area contributed by atoms with Crippen LogP contribution in [0.5, 0.6) is 0 Å². The third-order valence-corrected chi connectivity index (χ3v) is 5.09. The Bertz CT molecular complexity index is 1010. The van der Waals surface area contributed by atoms with Crippen molar-refractivity contribution in [3.8, 4) is 0 Å². The number of carboxylic acids is 1. The van der Waals surface area contributed by atoms with Crippen molar-refractivity contribution in [2.75, 3.05) is 13.1 Å². The number of aromatic amines is 1. The maximum atomic E-state index is 12.9. The molecule has 3 aromatic rings. The lowest BCUT2D eigenvalue weighted by atomic mass is 10.1. The highest BCUT2D eigenvalue weighted by Crippen LogP contribution is 2.32. The number of carbonyl (C=O) groups is 1. The van der Waals surface area contributed by atoms with Crippen molar-refractivity contribution in [2.45, 2.75) is 25.1 Å². The zero-order chi connectivity index (χ0) is 19.9. The Kier molecular flexibility index (Phi) is 4.58. The molecule has 2 heterocycles. The summed E-state index contributed by atoms with van der Waals surface area (Å²) in [5, 5.41) is 8.96. The van der Waals surface area contributed by atoms with Gasteiger partial charge in [-0.2, -0.15) is 13.2 Å². The van der Waals surface area contributed by atoms with E-state index in [1.54, 1.807) is 24.3 Å². The van der Waals surface area contributed by atoms with Crippen LogP contribution in [0.15, 0.2) is 42.5 Å². The Morgan fingerprint density at radius 1 is 1.21 bits per heavy atom. The van der Waals surface area contributed by atoms with E-state index >= 15 is 0 Å². The molecule has 0 unspecified atom stereocenters. The molecule has 2 aromatic carbocycles. The van der Waals surface area contributed by atoms with E-state index in [4.69, 9.17) is 5.11 Å². The first-order valence-corrected chi connectivity index (χ1v) is 8.91. The number of nitrogens with zero attached hydrogens (tertiary/aromatic N) is 2. The summed E-state index contributed by atoms with van der Waals surface area (Å²) in [6.45, 7) is 2.28. The van der Waals surface area contributed by atoms with E-state index in [1.165, 1.54) is 6.07 Å². The fourth-order valence-electron chi connectivity index (χ4n) is 3.61.